The van der Waals surface area contributed by atoms with Crippen molar-refractivity contribution in [3.05, 3.63) is 18.0 Å². The van der Waals surface area contributed by atoms with E-state index in [0.717, 1.165) is 5.76 Å². The van der Waals surface area contributed by atoms with Crippen molar-refractivity contribution in [3.8, 4) is 0 Å². The molecule has 4 nitrogen and oxygen atoms in total. The van der Waals surface area contributed by atoms with E-state index < -0.39 is 0 Å². The maximum absolute atomic E-state index is 10.6. The maximum atomic E-state index is 10.6. The molecule has 0 saturated heterocycles. The zero-order valence-corrected chi connectivity index (χ0v) is 7.20. The molecule has 12 heavy (non-hydrogen) atoms. The Morgan fingerprint density at radius 1 is 1.83 bits per heavy atom. The molecule has 1 aromatic heterocycles. The van der Waals surface area contributed by atoms with Crippen LogP contribution in [-0.4, -0.2) is 17.1 Å². The minimum absolute atomic E-state index is 0.0259. The number of carbonyl (C=O) groups is 1. The minimum atomic E-state index is -0.0259. The van der Waals surface area contributed by atoms with E-state index in [4.69, 9.17) is 4.52 Å². The molecule has 0 aromatic carbocycles. The van der Waals surface area contributed by atoms with Crippen LogP contribution in [0.2, 0.25) is 0 Å². The number of nitrogens with one attached hydrogen (secondary N) is 1. The van der Waals surface area contributed by atoms with Crippen LogP contribution in [0.3, 0.4) is 0 Å². The van der Waals surface area contributed by atoms with Gasteiger partial charge >= 0.3 is 0 Å². The van der Waals surface area contributed by atoms with Crippen LogP contribution < -0.4 is 5.32 Å². The fourth-order valence-corrected chi connectivity index (χ4v) is 1.05. The highest BCUT2D eigenvalue weighted by Crippen LogP contribution is 2.00. The van der Waals surface area contributed by atoms with Crippen molar-refractivity contribution in [1.29, 1.82) is 0 Å². The summed E-state index contributed by atoms with van der Waals surface area (Å²) >= 11 is 0. The molecule has 1 heterocycles. The minimum Gasteiger partial charge on any atom is -0.361 e. The first-order chi connectivity index (χ1) is 5.68. The fourth-order valence-electron chi connectivity index (χ4n) is 1.05. The van der Waals surface area contributed by atoms with Crippen LogP contribution in [0.1, 0.15) is 19.6 Å². The first kappa shape index (κ1) is 8.77. The van der Waals surface area contributed by atoms with Crippen molar-refractivity contribution < 1.29 is 9.32 Å². The molecule has 0 saturated carbocycles. The van der Waals surface area contributed by atoms with Crippen LogP contribution >= 0.6 is 0 Å². The smallest absolute Gasteiger partial charge is 0.217 e. The van der Waals surface area contributed by atoms with Gasteiger partial charge in [-0.15, -0.1) is 0 Å². The molecule has 1 rings (SSSR count). The summed E-state index contributed by atoms with van der Waals surface area (Å²) in [6.45, 7) is 3.42. The second-order valence-corrected chi connectivity index (χ2v) is 2.78. The van der Waals surface area contributed by atoms with Gasteiger partial charge in [0, 0.05) is 25.5 Å². The molecule has 1 aromatic rings. The number of aromatic nitrogens is 1. The van der Waals surface area contributed by atoms with Gasteiger partial charge < -0.3 is 9.84 Å². The van der Waals surface area contributed by atoms with Crippen LogP contribution in [0.5, 0.6) is 0 Å². The Bertz CT molecular complexity index is 244. The normalized spacial score (nSPS) is 12.5. The van der Waals surface area contributed by atoms with Crippen molar-refractivity contribution in [2.24, 2.45) is 0 Å². The van der Waals surface area contributed by atoms with Gasteiger partial charge in [0.05, 0.1) is 6.20 Å². The number of carbonyl (C=O) groups excluding carboxylic acids is 1. The first-order valence-corrected chi connectivity index (χ1v) is 3.85. The molecule has 66 valence electrons. The predicted octanol–water partition coefficient (Wildman–Crippen LogP) is 0.742. The molecule has 0 radical (unpaired) electrons. The summed E-state index contributed by atoms with van der Waals surface area (Å²) in [4.78, 5) is 10.6. The number of rotatable bonds is 3. The van der Waals surface area contributed by atoms with Gasteiger partial charge in [-0.1, -0.05) is 5.16 Å². The molecule has 0 aliphatic carbocycles. The van der Waals surface area contributed by atoms with E-state index in [-0.39, 0.29) is 11.9 Å². The van der Waals surface area contributed by atoms with Crippen LogP contribution in [0, 0.1) is 0 Å². The van der Waals surface area contributed by atoms with Crippen LogP contribution in [0.4, 0.5) is 0 Å². The first-order valence-electron chi connectivity index (χ1n) is 3.85. The quantitative estimate of drug-likeness (QED) is 0.724. The van der Waals surface area contributed by atoms with Crippen LogP contribution in [0.25, 0.3) is 0 Å². The summed E-state index contributed by atoms with van der Waals surface area (Å²) in [5.74, 6) is 0.762. The second kappa shape index (κ2) is 3.90. The van der Waals surface area contributed by atoms with Crippen molar-refractivity contribution in [1.82, 2.24) is 10.5 Å². The lowest BCUT2D eigenvalue weighted by Crippen LogP contribution is -2.31. The Labute approximate surface area is 70.9 Å². The molecule has 0 bridgehead atoms. The molecule has 0 aliphatic heterocycles. The van der Waals surface area contributed by atoms with E-state index in [1.807, 2.05) is 6.92 Å². The summed E-state index contributed by atoms with van der Waals surface area (Å²) in [6, 6.07) is 1.88. The molecular formula is C8H12N2O2. The van der Waals surface area contributed by atoms with Gasteiger partial charge in [0.25, 0.3) is 0 Å². The summed E-state index contributed by atoms with van der Waals surface area (Å²) in [5.41, 5.74) is 0. The van der Waals surface area contributed by atoms with Crippen LogP contribution in [0.15, 0.2) is 16.8 Å². The summed E-state index contributed by atoms with van der Waals surface area (Å²) in [7, 11) is 0. The third kappa shape index (κ3) is 2.74. The number of hydrogen-bond acceptors (Lipinski definition) is 3. The van der Waals surface area contributed by atoms with Crippen molar-refractivity contribution in [2.45, 2.75) is 26.3 Å². The monoisotopic (exact) mass is 168 g/mol. The summed E-state index contributed by atoms with van der Waals surface area (Å²) in [6.07, 6.45) is 2.27. The molecule has 0 fully saturated rings. The lowest BCUT2D eigenvalue weighted by molar-refractivity contribution is -0.119. The third-order valence-electron chi connectivity index (χ3n) is 1.45. The average Bonchev–Trinajstić information content (AvgIpc) is 2.37. The van der Waals surface area contributed by atoms with Gasteiger partial charge in [0.15, 0.2) is 0 Å². The Hall–Kier alpha value is -1.32. The molecule has 4 heteroatoms. The molecule has 0 aliphatic rings. The standard InChI is InChI=1S/C8H12N2O2/c1-6(10-7(2)11)5-8-3-4-9-12-8/h3-4,6H,5H2,1-2H3,(H,10,11). The topological polar surface area (TPSA) is 55.1 Å². The Morgan fingerprint density at radius 3 is 3.08 bits per heavy atom. The largest absolute Gasteiger partial charge is 0.361 e. The SMILES string of the molecule is CC(=O)NC(C)Cc1ccno1. The number of hydrogen-bond donors (Lipinski definition) is 1. The third-order valence-corrected chi connectivity index (χ3v) is 1.45. The molecule has 1 atom stereocenters. The Balaban J connectivity index is 2.36. The van der Waals surface area contributed by atoms with E-state index >= 15 is 0 Å². The maximum Gasteiger partial charge on any atom is 0.217 e. The average molecular weight is 168 g/mol. The summed E-state index contributed by atoms with van der Waals surface area (Å²) in [5, 5.41) is 6.32. The predicted molar refractivity (Wildman–Crippen MR) is 43.5 cm³/mol. The Morgan fingerprint density at radius 2 is 2.58 bits per heavy atom. The highest BCUT2D eigenvalue weighted by molar-refractivity contribution is 5.73. The van der Waals surface area contributed by atoms with E-state index in [9.17, 15) is 4.79 Å². The van der Waals surface area contributed by atoms with Crippen molar-refractivity contribution in [2.75, 3.05) is 0 Å². The van der Waals surface area contributed by atoms with Gasteiger partial charge in [-0.3, -0.25) is 4.79 Å². The lowest BCUT2D eigenvalue weighted by atomic mass is 10.2. The fraction of sp³-hybridized carbons (Fsp3) is 0.500. The van der Waals surface area contributed by atoms with E-state index in [1.165, 1.54) is 6.92 Å². The van der Waals surface area contributed by atoms with Gasteiger partial charge in [0.2, 0.25) is 5.91 Å². The zero-order valence-electron chi connectivity index (χ0n) is 7.20. The highest BCUT2D eigenvalue weighted by Gasteiger charge is 2.06. The van der Waals surface area contributed by atoms with Crippen molar-refractivity contribution in [3.63, 3.8) is 0 Å². The van der Waals surface area contributed by atoms with Gasteiger partial charge in [0.1, 0.15) is 5.76 Å². The number of nitrogens with zero attached hydrogens (tertiary/aromatic N) is 1. The van der Waals surface area contributed by atoms with E-state index in [0.29, 0.717) is 6.42 Å². The Kier molecular flexibility index (Phi) is 2.85. The molecule has 1 unspecified atom stereocenters. The van der Waals surface area contributed by atoms with Gasteiger partial charge in [-0.2, -0.15) is 0 Å². The highest BCUT2D eigenvalue weighted by atomic mass is 16.5. The lowest BCUT2D eigenvalue weighted by Gasteiger charge is -2.08. The zero-order chi connectivity index (χ0) is 8.97. The molecule has 1 N–H and O–H groups in total. The van der Waals surface area contributed by atoms with E-state index in [2.05, 4.69) is 10.5 Å². The van der Waals surface area contributed by atoms with Crippen LogP contribution in [-0.2, 0) is 11.2 Å². The second-order valence-electron chi connectivity index (χ2n) is 2.78. The molecule has 0 spiro atoms. The summed E-state index contributed by atoms with van der Waals surface area (Å²) < 4.78 is 4.88. The van der Waals surface area contributed by atoms with Gasteiger partial charge in [-0.05, 0) is 6.92 Å². The molecular weight excluding hydrogens is 156 g/mol. The number of amides is 1. The molecule has 1 amide bonds. The van der Waals surface area contributed by atoms with Crippen molar-refractivity contribution >= 4 is 5.91 Å². The van der Waals surface area contributed by atoms with E-state index in [1.54, 1.807) is 12.3 Å². The van der Waals surface area contributed by atoms with Gasteiger partial charge in [-0.25, -0.2) is 0 Å².